The number of carbonyl (C=O) groups excluding carboxylic acids is 2. The largest absolute Gasteiger partial charge is 0.457 e. The number of guanidine groups is 1. The molecule has 11 heteroatoms. The minimum Gasteiger partial charge on any atom is -0.457 e. The van der Waals surface area contributed by atoms with E-state index in [1.165, 1.54) is 0 Å². The van der Waals surface area contributed by atoms with Crippen LogP contribution in [-0.4, -0.2) is 45.4 Å². The topological polar surface area (TPSA) is 174 Å². The second-order valence-corrected chi connectivity index (χ2v) is 10.1. The molecule has 224 valence electrons. The van der Waals surface area contributed by atoms with Gasteiger partial charge in [0.05, 0.1) is 16.6 Å². The van der Waals surface area contributed by atoms with Gasteiger partial charge >= 0.3 is 0 Å². The summed E-state index contributed by atoms with van der Waals surface area (Å²) in [5.74, 6) is 0.743. The molecule has 0 saturated heterocycles. The highest BCUT2D eigenvalue weighted by Gasteiger charge is 2.26. The Morgan fingerprint density at radius 2 is 1.68 bits per heavy atom. The van der Waals surface area contributed by atoms with Crippen LogP contribution in [0.15, 0.2) is 97.2 Å². The van der Waals surface area contributed by atoms with Crippen molar-refractivity contribution < 1.29 is 14.3 Å². The van der Waals surface area contributed by atoms with Crippen molar-refractivity contribution >= 4 is 28.8 Å². The maximum atomic E-state index is 13.1. The van der Waals surface area contributed by atoms with Gasteiger partial charge in [0.25, 0.3) is 5.91 Å². The van der Waals surface area contributed by atoms with Crippen LogP contribution in [0.3, 0.4) is 0 Å². The van der Waals surface area contributed by atoms with E-state index in [4.69, 9.17) is 26.6 Å². The first-order chi connectivity index (χ1) is 21.4. The van der Waals surface area contributed by atoms with Gasteiger partial charge in [-0.15, -0.1) is 0 Å². The average Bonchev–Trinajstić information content (AvgIpc) is 3.40. The third kappa shape index (κ3) is 7.19. The SMILES string of the molecule is N=C(N)NCCC[C@@H](C(N)=O)n1c(-c2ccccc2Oc2ccccc2)nc2cc(C(=O)NCCc3ccccn3)ccc21. The fourth-order valence-electron chi connectivity index (χ4n) is 4.97. The minimum absolute atomic E-state index is 0.146. The van der Waals surface area contributed by atoms with Gasteiger partial charge in [-0.25, -0.2) is 4.98 Å². The molecule has 2 aromatic heterocycles. The first-order valence-electron chi connectivity index (χ1n) is 14.3. The number of imidazole rings is 1. The molecule has 0 radical (unpaired) electrons. The van der Waals surface area contributed by atoms with Gasteiger partial charge in [0, 0.05) is 37.0 Å². The van der Waals surface area contributed by atoms with Crippen LogP contribution in [0, 0.1) is 5.41 Å². The molecule has 0 unspecified atom stereocenters. The molecule has 1 atom stereocenters. The van der Waals surface area contributed by atoms with E-state index in [-0.39, 0.29) is 11.9 Å². The van der Waals surface area contributed by atoms with Crippen molar-refractivity contribution in [3.8, 4) is 22.9 Å². The zero-order chi connectivity index (χ0) is 30.9. The van der Waals surface area contributed by atoms with Crippen molar-refractivity contribution in [2.24, 2.45) is 11.5 Å². The number of hydrogen-bond donors (Lipinski definition) is 5. The normalized spacial score (nSPS) is 11.5. The summed E-state index contributed by atoms with van der Waals surface area (Å²) in [6.07, 6.45) is 3.21. The third-order valence-corrected chi connectivity index (χ3v) is 7.05. The van der Waals surface area contributed by atoms with Gasteiger partial charge in [0.1, 0.15) is 23.4 Å². The number of rotatable bonds is 13. The maximum absolute atomic E-state index is 13.1. The van der Waals surface area contributed by atoms with E-state index in [9.17, 15) is 9.59 Å². The lowest BCUT2D eigenvalue weighted by Gasteiger charge is -2.20. The van der Waals surface area contributed by atoms with E-state index < -0.39 is 11.9 Å². The molecule has 0 bridgehead atoms. The Kier molecular flexibility index (Phi) is 9.45. The highest BCUT2D eigenvalue weighted by atomic mass is 16.5. The Hall–Kier alpha value is -5.71. The number of carbonyl (C=O) groups is 2. The van der Waals surface area contributed by atoms with Crippen LogP contribution in [0.5, 0.6) is 11.5 Å². The molecular weight excluding hydrogens is 556 g/mol. The molecule has 3 aromatic carbocycles. The summed E-state index contributed by atoms with van der Waals surface area (Å²) in [6.45, 7) is 0.827. The van der Waals surface area contributed by atoms with Crippen LogP contribution in [-0.2, 0) is 11.2 Å². The lowest BCUT2D eigenvalue weighted by atomic mass is 10.1. The van der Waals surface area contributed by atoms with Gasteiger partial charge in [0.15, 0.2) is 5.96 Å². The van der Waals surface area contributed by atoms with E-state index in [0.29, 0.717) is 71.8 Å². The highest BCUT2D eigenvalue weighted by Crippen LogP contribution is 2.37. The number of aromatic nitrogens is 3. The third-order valence-electron chi connectivity index (χ3n) is 7.05. The number of pyridine rings is 1. The zero-order valence-corrected chi connectivity index (χ0v) is 24.1. The molecular formula is C33H34N8O3. The summed E-state index contributed by atoms with van der Waals surface area (Å²) in [5, 5.41) is 13.1. The van der Waals surface area contributed by atoms with E-state index in [1.54, 1.807) is 29.0 Å². The molecule has 0 saturated carbocycles. The molecule has 0 fully saturated rings. The number of fused-ring (bicyclic) bond motifs is 1. The van der Waals surface area contributed by atoms with Crippen molar-refractivity contribution in [2.45, 2.75) is 25.3 Å². The van der Waals surface area contributed by atoms with Gasteiger partial charge < -0.3 is 31.4 Å². The van der Waals surface area contributed by atoms with Crippen LogP contribution in [0.1, 0.15) is 34.9 Å². The number of nitrogens with zero attached hydrogens (tertiary/aromatic N) is 3. The average molecular weight is 591 g/mol. The maximum Gasteiger partial charge on any atom is 0.251 e. The van der Waals surface area contributed by atoms with Gasteiger partial charge in [-0.3, -0.25) is 20.0 Å². The molecule has 0 spiro atoms. The van der Waals surface area contributed by atoms with Crippen molar-refractivity contribution in [1.82, 2.24) is 25.2 Å². The molecule has 7 N–H and O–H groups in total. The molecule has 11 nitrogen and oxygen atoms in total. The first-order valence-corrected chi connectivity index (χ1v) is 14.3. The first kappa shape index (κ1) is 29.8. The summed E-state index contributed by atoms with van der Waals surface area (Å²) in [5.41, 5.74) is 14.6. The molecule has 2 amide bonds. The van der Waals surface area contributed by atoms with Crippen LogP contribution in [0.25, 0.3) is 22.4 Å². The van der Waals surface area contributed by atoms with Gasteiger partial charge in [0.2, 0.25) is 5.91 Å². The summed E-state index contributed by atoms with van der Waals surface area (Å²) in [6, 6.07) is 26.9. The fraction of sp³-hybridized carbons (Fsp3) is 0.182. The van der Waals surface area contributed by atoms with Crippen molar-refractivity contribution in [3.63, 3.8) is 0 Å². The van der Waals surface area contributed by atoms with E-state index in [2.05, 4.69) is 15.6 Å². The Bertz CT molecular complexity index is 1760. The van der Waals surface area contributed by atoms with Crippen LogP contribution in [0.4, 0.5) is 0 Å². The van der Waals surface area contributed by atoms with E-state index >= 15 is 0 Å². The molecule has 0 aliphatic rings. The van der Waals surface area contributed by atoms with Crippen LogP contribution < -0.4 is 26.8 Å². The van der Waals surface area contributed by atoms with E-state index in [0.717, 1.165) is 5.69 Å². The minimum atomic E-state index is -0.772. The highest BCUT2D eigenvalue weighted by molar-refractivity contribution is 5.98. The number of ether oxygens (including phenoxy) is 1. The number of primary amides is 1. The Morgan fingerprint density at radius 3 is 2.43 bits per heavy atom. The predicted octanol–water partition coefficient (Wildman–Crippen LogP) is 4.15. The van der Waals surface area contributed by atoms with Crippen LogP contribution >= 0.6 is 0 Å². The number of para-hydroxylation sites is 2. The molecule has 0 aliphatic heterocycles. The lowest BCUT2D eigenvalue weighted by molar-refractivity contribution is -0.121. The standard InChI is InChI=1S/C33H34N8O3/c34-30(42)28(13-8-19-39-33(35)36)41-27-16-15-22(32(43)38-20-17-23-9-6-7-18-37-23)21-26(27)40-31(41)25-12-4-5-14-29(25)44-24-10-2-1-3-11-24/h1-7,9-12,14-16,18,21,28H,8,13,17,19-20H2,(H2,34,42)(H,38,43)(H4,35,36,39)/t28-/m0/s1. The Balaban J connectivity index is 1.51. The predicted molar refractivity (Wildman–Crippen MR) is 169 cm³/mol. The smallest absolute Gasteiger partial charge is 0.251 e. The number of nitrogens with one attached hydrogen (secondary N) is 3. The quantitative estimate of drug-likeness (QED) is 0.0778. The summed E-state index contributed by atoms with van der Waals surface area (Å²) >= 11 is 0. The van der Waals surface area contributed by atoms with Gasteiger partial charge in [-0.2, -0.15) is 0 Å². The number of nitrogens with two attached hydrogens (primary N) is 2. The molecule has 0 aliphatic carbocycles. The van der Waals surface area contributed by atoms with Crippen molar-refractivity contribution in [1.29, 1.82) is 5.41 Å². The monoisotopic (exact) mass is 590 g/mol. The summed E-state index contributed by atoms with van der Waals surface area (Å²) < 4.78 is 8.04. The van der Waals surface area contributed by atoms with Gasteiger partial charge in [-0.05, 0) is 67.4 Å². The second kappa shape index (κ2) is 14.0. The summed E-state index contributed by atoms with van der Waals surface area (Å²) in [4.78, 5) is 35.2. The fourth-order valence-corrected chi connectivity index (χ4v) is 4.97. The zero-order valence-electron chi connectivity index (χ0n) is 24.1. The second-order valence-electron chi connectivity index (χ2n) is 10.1. The Labute approximate surface area is 254 Å². The number of hydrogen-bond acceptors (Lipinski definition) is 6. The Morgan fingerprint density at radius 1 is 0.909 bits per heavy atom. The molecule has 44 heavy (non-hydrogen) atoms. The van der Waals surface area contributed by atoms with Crippen molar-refractivity contribution in [3.05, 3.63) is 108 Å². The molecule has 5 aromatic rings. The van der Waals surface area contributed by atoms with E-state index in [1.807, 2.05) is 72.8 Å². The summed E-state index contributed by atoms with van der Waals surface area (Å²) in [7, 11) is 0. The molecule has 5 rings (SSSR count). The number of benzene rings is 3. The van der Waals surface area contributed by atoms with Gasteiger partial charge in [-0.1, -0.05) is 36.4 Å². The van der Waals surface area contributed by atoms with Crippen LogP contribution in [0.2, 0.25) is 0 Å². The lowest BCUT2D eigenvalue weighted by Crippen LogP contribution is -2.32. The number of amides is 2. The van der Waals surface area contributed by atoms with Crippen molar-refractivity contribution in [2.75, 3.05) is 13.1 Å². The molecule has 2 heterocycles.